The maximum atomic E-state index is 13.3. The first-order valence-corrected chi connectivity index (χ1v) is 11.9. The number of rotatable bonds is 9. The van der Waals surface area contributed by atoms with E-state index >= 15 is 0 Å². The fourth-order valence-electron chi connectivity index (χ4n) is 3.08. The second-order valence-electron chi connectivity index (χ2n) is 7.32. The molecular formula is C24H25ClN2O4S. The maximum absolute atomic E-state index is 13.3. The molecular weight excluding hydrogens is 448 g/mol. The molecule has 0 aliphatic carbocycles. The Hall–Kier alpha value is -3.03. The molecule has 0 saturated heterocycles. The van der Waals surface area contributed by atoms with Crippen LogP contribution in [0.2, 0.25) is 5.02 Å². The number of aryl methyl sites for hydroxylation is 2. The molecule has 0 aromatic heterocycles. The molecule has 0 atom stereocenters. The van der Waals surface area contributed by atoms with Gasteiger partial charge in [0.2, 0.25) is 5.91 Å². The number of halogens is 1. The largest absolute Gasteiger partial charge is 0.492 e. The average molecular weight is 473 g/mol. The third kappa shape index (κ3) is 6.24. The van der Waals surface area contributed by atoms with E-state index in [1.807, 2.05) is 44.2 Å². The molecule has 3 aromatic rings. The van der Waals surface area contributed by atoms with Gasteiger partial charge in [0.1, 0.15) is 18.9 Å². The molecule has 0 bridgehead atoms. The Morgan fingerprint density at radius 3 is 2.28 bits per heavy atom. The molecule has 0 spiro atoms. The lowest BCUT2D eigenvalue weighted by molar-refractivity contribution is -0.119. The van der Waals surface area contributed by atoms with Crippen LogP contribution in [0.3, 0.4) is 0 Å². The molecule has 6 nitrogen and oxygen atoms in total. The van der Waals surface area contributed by atoms with Crippen LogP contribution in [0.25, 0.3) is 0 Å². The number of hydrogen-bond acceptors (Lipinski definition) is 4. The van der Waals surface area contributed by atoms with Crippen LogP contribution < -0.4 is 14.4 Å². The fraction of sp³-hybridized carbons (Fsp3) is 0.208. The van der Waals surface area contributed by atoms with E-state index in [1.165, 1.54) is 24.3 Å². The monoisotopic (exact) mass is 472 g/mol. The summed E-state index contributed by atoms with van der Waals surface area (Å²) >= 11 is 5.90. The van der Waals surface area contributed by atoms with Gasteiger partial charge >= 0.3 is 0 Å². The predicted octanol–water partition coefficient (Wildman–Crippen LogP) is 4.35. The first-order valence-electron chi connectivity index (χ1n) is 10.1. The van der Waals surface area contributed by atoms with Gasteiger partial charge in [-0.25, -0.2) is 8.42 Å². The number of sulfonamides is 1. The molecule has 0 fully saturated rings. The molecule has 1 N–H and O–H groups in total. The fourth-order valence-corrected chi connectivity index (χ4v) is 4.62. The number of hydrogen-bond donors (Lipinski definition) is 1. The number of nitrogens with zero attached hydrogens (tertiary/aromatic N) is 1. The molecule has 3 rings (SSSR count). The van der Waals surface area contributed by atoms with E-state index in [4.69, 9.17) is 16.3 Å². The topological polar surface area (TPSA) is 75.7 Å². The van der Waals surface area contributed by atoms with Gasteiger partial charge in [-0.05, 0) is 73.5 Å². The predicted molar refractivity (Wildman–Crippen MR) is 127 cm³/mol. The second-order valence-corrected chi connectivity index (χ2v) is 9.62. The van der Waals surface area contributed by atoms with E-state index in [1.54, 1.807) is 18.2 Å². The lowest BCUT2D eigenvalue weighted by Gasteiger charge is -2.24. The van der Waals surface area contributed by atoms with E-state index in [0.29, 0.717) is 16.5 Å². The number of ether oxygens (including phenoxy) is 1. The van der Waals surface area contributed by atoms with Crippen LogP contribution in [0, 0.1) is 13.8 Å². The smallest absolute Gasteiger partial charge is 0.264 e. The molecule has 0 aliphatic rings. The van der Waals surface area contributed by atoms with E-state index in [0.717, 1.165) is 15.4 Å². The van der Waals surface area contributed by atoms with E-state index in [2.05, 4.69) is 5.32 Å². The molecule has 1 amide bonds. The molecule has 0 radical (unpaired) electrons. The summed E-state index contributed by atoms with van der Waals surface area (Å²) in [6.07, 6.45) is 0. The third-order valence-electron chi connectivity index (χ3n) is 4.66. The number of anilines is 1. The molecule has 0 saturated carbocycles. The van der Waals surface area contributed by atoms with E-state index < -0.39 is 15.9 Å². The normalized spacial score (nSPS) is 11.1. The zero-order valence-electron chi connectivity index (χ0n) is 17.9. The minimum Gasteiger partial charge on any atom is -0.492 e. The Kier molecular flexibility index (Phi) is 7.77. The Morgan fingerprint density at radius 2 is 1.62 bits per heavy atom. The number of carbonyl (C=O) groups is 1. The van der Waals surface area contributed by atoms with Crippen LogP contribution in [0.5, 0.6) is 5.75 Å². The molecule has 0 heterocycles. The standard InChI is InChI=1S/C24H25ClN2O4S/c1-18-5-3-7-21(15-18)27(32(29,30)23-11-9-20(25)10-12-23)17-24(28)26-13-14-31-22-8-4-6-19(2)16-22/h3-12,15-16H,13-14,17H2,1-2H3,(H,26,28). The van der Waals surface area contributed by atoms with Crippen LogP contribution in [-0.4, -0.2) is 34.0 Å². The molecule has 3 aromatic carbocycles. The highest BCUT2D eigenvalue weighted by atomic mass is 35.5. The molecule has 0 unspecified atom stereocenters. The summed E-state index contributed by atoms with van der Waals surface area (Å²) in [6, 6.07) is 20.5. The Morgan fingerprint density at radius 1 is 0.969 bits per heavy atom. The number of amides is 1. The lowest BCUT2D eigenvalue weighted by Crippen LogP contribution is -2.42. The lowest BCUT2D eigenvalue weighted by atomic mass is 10.2. The Balaban J connectivity index is 1.71. The van der Waals surface area contributed by atoms with Crippen molar-refractivity contribution in [3.05, 3.63) is 88.9 Å². The first-order chi connectivity index (χ1) is 15.3. The minimum atomic E-state index is -3.98. The van der Waals surface area contributed by atoms with Gasteiger partial charge in [0.05, 0.1) is 17.1 Å². The molecule has 0 aliphatic heterocycles. The van der Waals surface area contributed by atoms with Gasteiger partial charge in [0.15, 0.2) is 0 Å². The first kappa shape index (κ1) is 23.6. The maximum Gasteiger partial charge on any atom is 0.264 e. The van der Waals surface area contributed by atoms with Gasteiger partial charge in [-0.1, -0.05) is 35.9 Å². The summed E-state index contributed by atoms with van der Waals surface area (Å²) in [6.45, 7) is 3.98. The second kappa shape index (κ2) is 10.5. The van der Waals surface area contributed by atoms with Gasteiger partial charge in [-0.3, -0.25) is 9.10 Å². The summed E-state index contributed by atoms with van der Waals surface area (Å²) < 4.78 is 33.4. The van der Waals surface area contributed by atoms with Gasteiger partial charge in [0.25, 0.3) is 10.0 Å². The third-order valence-corrected chi connectivity index (χ3v) is 6.70. The van der Waals surface area contributed by atoms with Crippen molar-refractivity contribution in [2.75, 3.05) is 24.0 Å². The van der Waals surface area contributed by atoms with Crippen LogP contribution in [-0.2, 0) is 14.8 Å². The van der Waals surface area contributed by atoms with Crippen LogP contribution >= 0.6 is 11.6 Å². The highest BCUT2D eigenvalue weighted by molar-refractivity contribution is 7.92. The highest BCUT2D eigenvalue weighted by Crippen LogP contribution is 2.25. The van der Waals surface area contributed by atoms with Gasteiger partial charge in [0, 0.05) is 5.02 Å². The quantitative estimate of drug-likeness (QED) is 0.470. The van der Waals surface area contributed by atoms with Crippen molar-refractivity contribution in [1.82, 2.24) is 5.32 Å². The Bertz CT molecular complexity index is 1180. The van der Waals surface area contributed by atoms with Gasteiger partial charge < -0.3 is 10.1 Å². The number of nitrogens with one attached hydrogen (secondary N) is 1. The van der Waals surface area contributed by atoms with Crippen LogP contribution in [0.15, 0.2) is 77.7 Å². The average Bonchev–Trinajstić information content (AvgIpc) is 2.75. The van der Waals surface area contributed by atoms with Crippen LogP contribution in [0.4, 0.5) is 5.69 Å². The van der Waals surface area contributed by atoms with Crippen molar-refractivity contribution in [3.8, 4) is 5.75 Å². The van der Waals surface area contributed by atoms with Crippen molar-refractivity contribution in [2.24, 2.45) is 0 Å². The zero-order valence-corrected chi connectivity index (χ0v) is 19.5. The van der Waals surface area contributed by atoms with Crippen molar-refractivity contribution < 1.29 is 17.9 Å². The molecule has 8 heteroatoms. The molecule has 32 heavy (non-hydrogen) atoms. The SMILES string of the molecule is Cc1cccc(OCCNC(=O)CN(c2cccc(C)c2)S(=O)(=O)c2ccc(Cl)cc2)c1. The Labute approximate surface area is 193 Å². The summed E-state index contributed by atoms with van der Waals surface area (Å²) in [5, 5.41) is 3.15. The summed E-state index contributed by atoms with van der Waals surface area (Å²) in [4.78, 5) is 12.7. The van der Waals surface area contributed by atoms with Crippen molar-refractivity contribution in [1.29, 1.82) is 0 Å². The van der Waals surface area contributed by atoms with Crippen molar-refractivity contribution in [2.45, 2.75) is 18.7 Å². The highest BCUT2D eigenvalue weighted by Gasteiger charge is 2.27. The summed E-state index contributed by atoms with van der Waals surface area (Å²) in [7, 11) is -3.98. The van der Waals surface area contributed by atoms with E-state index in [9.17, 15) is 13.2 Å². The number of benzene rings is 3. The van der Waals surface area contributed by atoms with Gasteiger partial charge in [-0.15, -0.1) is 0 Å². The van der Waals surface area contributed by atoms with E-state index in [-0.39, 0.29) is 24.6 Å². The summed E-state index contributed by atoms with van der Waals surface area (Å²) in [5.74, 6) is 0.280. The van der Waals surface area contributed by atoms with Crippen molar-refractivity contribution in [3.63, 3.8) is 0 Å². The summed E-state index contributed by atoms with van der Waals surface area (Å²) in [5.41, 5.74) is 2.37. The minimum absolute atomic E-state index is 0.0546. The zero-order chi connectivity index (χ0) is 23.1. The van der Waals surface area contributed by atoms with Crippen molar-refractivity contribution >= 4 is 33.2 Å². The molecule has 168 valence electrons. The number of carbonyl (C=O) groups excluding carboxylic acids is 1. The van der Waals surface area contributed by atoms with Crippen LogP contribution in [0.1, 0.15) is 11.1 Å². The van der Waals surface area contributed by atoms with Gasteiger partial charge in [-0.2, -0.15) is 0 Å².